The van der Waals surface area contributed by atoms with Crippen LogP contribution in [-0.2, 0) is 0 Å². The average molecular weight is 231 g/mol. The molecule has 0 radical (unpaired) electrons. The Morgan fingerprint density at radius 3 is 2.19 bits per heavy atom. The highest BCUT2D eigenvalue weighted by Crippen LogP contribution is 2.32. The van der Waals surface area contributed by atoms with Gasteiger partial charge in [-0.05, 0) is 19.8 Å². The van der Waals surface area contributed by atoms with E-state index in [9.17, 15) is 0 Å². The Morgan fingerprint density at radius 1 is 1.06 bits per heavy atom. The SMILES string of the molecule is Cc1ccc(-c2nc(C)c(C(C)C)s2)cc1. The Kier molecular flexibility index (Phi) is 3.10. The standard InChI is InChI=1S/C14H17NS/c1-9(2)13-11(4)15-14(16-13)12-7-5-10(3)6-8-12/h5-9H,1-4H3. The van der Waals surface area contributed by atoms with Crippen LogP contribution in [0.15, 0.2) is 24.3 Å². The van der Waals surface area contributed by atoms with Gasteiger partial charge in [-0.2, -0.15) is 0 Å². The molecule has 2 rings (SSSR count). The van der Waals surface area contributed by atoms with Gasteiger partial charge in [0, 0.05) is 10.4 Å². The van der Waals surface area contributed by atoms with Crippen molar-refractivity contribution in [2.75, 3.05) is 0 Å². The van der Waals surface area contributed by atoms with Crippen LogP contribution in [0, 0.1) is 13.8 Å². The zero-order chi connectivity index (χ0) is 11.7. The maximum absolute atomic E-state index is 4.65. The highest BCUT2D eigenvalue weighted by Gasteiger charge is 2.11. The molecule has 0 N–H and O–H groups in total. The topological polar surface area (TPSA) is 12.9 Å². The predicted octanol–water partition coefficient (Wildman–Crippen LogP) is 4.55. The molecular weight excluding hydrogens is 214 g/mol. The van der Waals surface area contributed by atoms with Crippen molar-refractivity contribution in [2.45, 2.75) is 33.6 Å². The van der Waals surface area contributed by atoms with E-state index in [1.54, 1.807) is 0 Å². The van der Waals surface area contributed by atoms with Crippen LogP contribution < -0.4 is 0 Å². The Balaban J connectivity index is 2.41. The second-order valence-corrected chi connectivity index (χ2v) is 5.52. The molecule has 1 aromatic heterocycles. The normalized spacial score (nSPS) is 11.1. The molecule has 84 valence electrons. The van der Waals surface area contributed by atoms with Gasteiger partial charge in [-0.3, -0.25) is 0 Å². The van der Waals surface area contributed by atoms with E-state index < -0.39 is 0 Å². The average Bonchev–Trinajstić information content (AvgIpc) is 2.61. The maximum atomic E-state index is 4.65. The summed E-state index contributed by atoms with van der Waals surface area (Å²) in [6.07, 6.45) is 0. The van der Waals surface area contributed by atoms with Crippen LogP contribution in [0.4, 0.5) is 0 Å². The lowest BCUT2D eigenvalue weighted by Gasteiger charge is -1.99. The van der Waals surface area contributed by atoms with Crippen molar-refractivity contribution in [2.24, 2.45) is 0 Å². The van der Waals surface area contributed by atoms with E-state index in [-0.39, 0.29) is 0 Å². The van der Waals surface area contributed by atoms with Crippen molar-refractivity contribution < 1.29 is 0 Å². The van der Waals surface area contributed by atoms with Crippen molar-refractivity contribution in [3.63, 3.8) is 0 Å². The van der Waals surface area contributed by atoms with Crippen molar-refractivity contribution in [3.8, 4) is 10.6 Å². The first-order valence-electron chi connectivity index (χ1n) is 5.62. The summed E-state index contributed by atoms with van der Waals surface area (Å²) in [6.45, 7) is 8.65. The summed E-state index contributed by atoms with van der Waals surface area (Å²) in [5, 5.41) is 1.14. The number of rotatable bonds is 2. The molecule has 2 aromatic rings. The lowest BCUT2D eigenvalue weighted by Crippen LogP contribution is -1.84. The van der Waals surface area contributed by atoms with Crippen molar-refractivity contribution in [1.29, 1.82) is 0 Å². The monoisotopic (exact) mass is 231 g/mol. The highest BCUT2D eigenvalue weighted by molar-refractivity contribution is 7.15. The molecule has 0 saturated carbocycles. The number of aryl methyl sites for hydroxylation is 2. The van der Waals surface area contributed by atoms with E-state index in [0.717, 1.165) is 5.01 Å². The van der Waals surface area contributed by atoms with Gasteiger partial charge in [0.15, 0.2) is 0 Å². The first kappa shape index (κ1) is 11.3. The molecule has 0 saturated heterocycles. The third-order valence-electron chi connectivity index (χ3n) is 2.66. The van der Waals surface area contributed by atoms with Crippen LogP contribution >= 0.6 is 11.3 Å². The van der Waals surface area contributed by atoms with E-state index in [2.05, 4.69) is 56.9 Å². The summed E-state index contributed by atoms with van der Waals surface area (Å²) in [5.74, 6) is 0.566. The summed E-state index contributed by atoms with van der Waals surface area (Å²) in [4.78, 5) is 6.05. The lowest BCUT2D eigenvalue weighted by molar-refractivity contribution is 0.873. The third-order valence-corrected chi connectivity index (χ3v) is 4.16. The van der Waals surface area contributed by atoms with Crippen LogP contribution in [0.5, 0.6) is 0 Å². The number of benzene rings is 1. The summed E-state index contributed by atoms with van der Waals surface area (Å²) in [6, 6.07) is 8.58. The summed E-state index contributed by atoms with van der Waals surface area (Å²) in [5.41, 5.74) is 3.70. The second-order valence-electron chi connectivity index (χ2n) is 4.49. The number of hydrogen-bond donors (Lipinski definition) is 0. The number of aromatic nitrogens is 1. The molecule has 16 heavy (non-hydrogen) atoms. The van der Waals surface area contributed by atoms with Gasteiger partial charge >= 0.3 is 0 Å². The maximum Gasteiger partial charge on any atom is 0.123 e. The Hall–Kier alpha value is -1.15. The van der Waals surface area contributed by atoms with E-state index in [1.165, 1.54) is 21.7 Å². The molecule has 1 heterocycles. The smallest absolute Gasteiger partial charge is 0.123 e. The minimum absolute atomic E-state index is 0.566. The van der Waals surface area contributed by atoms with Gasteiger partial charge in [0.25, 0.3) is 0 Å². The van der Waals surface area contributed by atoms with Gasteiger partial charge < -0.3 is 0 Å². The molecule has 0 aliphatic rings. The van der Waals surface area contributed by atoms with Crippen molar-refractivity contribution in [3.05, 3.63) is 40.4 Å². The van der Waals surface area contributed by atoms with Crippen LogP contribution in [0.1, 0.15) is 35.9 Å². The Labute approximate surface area is 101 Å². The number of hydrogen-bond acceptors (Lipinski definition) is 2. The van der Waals surface area contributed by atoms with Crippen molar-refractivity contribution in [1.82, 2.24) is 4.98 Å². The molecule has 0 spiro atoms. The van der Waals surface area contributed by atoms with E-state index >= 15 is 0 Å². The molecule has 0 bridgehead atoms. The second kappa shape index (κ2) is 4.38. The molecule has 1 aromatic carbocycles. The molecule has 0 atom stereocenters. The molecule has 0 unspecified atom stereocenters. The Bertz CT molecular complexity index is 480. The molecule has 0 aliphatic carbocycles. The van der Waals surface area contributed by atoms with Crippen LogP contribution in [0.3, 0.4) is 0 Å². The summed E-state index contributed by atoms with van der Waals surface area (Å²) < 4.78 is 0. The molecule has 0 fully saturated rings. The fraction of sp³-hybridized carbons (Fsp3) is 0.357. The van der Waals surface area contributed by atoms with E-state index in [1.807, 2.05) is 11.3 Å². The molecule has 0 aliphatic heterocycles. The number of nitrogens with zero attached hydrogens (tertiary/aromatic N) is 1. The fourth-order valence-electron chi connectivity index (χ4n) is 1.76. The molecular formula is C14H17NS. The van der Waals surface area contributed by atoms with Gasteiger partial charge in [-0.1, -0.05) is 43.7 Å². The minimum atomic E-state index is 0.566. The van der Waals surface area contributed by atoms with Gasteiger partial charge in [-0.25, -0.2) is 4.98 Å². The van der Waals surface area contributed by atoms with Crippen LogP contribution in [-0.4, -0.2) is 4.98 Å². The molecule has 0 amide bonds. The van der Waals surface area contributed by atoms with Gasteiger partial charge in [0.05, 0.1) is 5.69 Å². The highest BCUT2D eigenvalue weighted by atomic mass is 32.1. The lowest BCUT2D eigenvalue weighted by atomic mass is 10.1. The van der Waals surface area contributed by atoms with Crippen molar-refractivity contribution >= 4 is 11.3 Å². The Morgan fingerprint density at radius 2 is 1.69 bits per heavy atom. The van der Waals surface area contributed by atoms with E-state index in [0.29, 0.717) is 5.92 Å². The first-order valence-corrected chi connectivity index (χ1v) is 6.44. The quantitative estimate of drug-likeness (QED) is 0.739. The first-order chi connectivity index (χ1) is 7.58. The predicted molar refractivity (Wildman–Crippen MR) is 71.1 cm³/mol. The minimum Gasteiger partial charge on any atom is -0.241 e. The zero-order valence-electron chi connectivity index (χ0n) is 10.2. The molecule has 1 nitrogen and oxygen atoms in total. The summed E-state index contributed by atoms with van der Waals surface area (Å²) >= 11 is 1.82. The van der Waals surface area contributed by atoms with E-state index in [4.69, 9.17) is 0 Å². The summed E-state index contributed by atoms with van der Waals surface area (Å²) in [7, 11) is 0. The number of thiazole rings is 1. The third kappa shape index (κ3) is 2.17. The molecule has 2 heteroatoms. The van der Waals surface area contributed by atoms with Gasteiger partial charge in [-0.15, -0.1) is 11.3 Å². The van der Waals surface area contributed by atoms with Gasteiger partial charge in [0.2, 0.25) is 0 Å². The van der Waals surface area contributed by atoms with Gasteiger partial charge in [0.1, 0.15) is 5.01 Å². The van der Waals surface area contributed by atoms with Crippen LogP contribution in [0.25, 0.3) is 10.6 Å². The largest absolute Gasteiger partial charge is 0.241 e. The fourth-order valence-corrected chi connectivity index (χ4v) is 2.84. The van der Waals surface area contributed by atoms with Crippen LogP contribution in [0.2, 0.25) is 0 Å². The zero-order valence-corrected chi connectivity index (χ0v) is 11.1.